The molecule has 0 spiro atoms. The van der Waals surface area contributed by atoms with Gasteiger partial charge in [-0.05, 0) is 11.1 Å². The van der Waals surface area contributed by atoms with E-state index in [-0.39, 0.29) is 25.2 Å². The molecule has 2 N–H and O–H groups in total. The number of carbonyl (C=O) groups is 3. The van der Waals surface area contributed by atoms with Crippen LogP contribution in [-0.4, -0.2) is 28.9 Å². The smallest absolute Gasteiger partial charge is 0.417 e. The van der Waals surface area contributed by atoms with Gasteiger partial charge in [0.25, 0.3) is 5.91 Å². The molecule has 0 aliphatic carbocycles. The lowest BCUT2D eigenvalue weighted by Crippen LogP contribution is -2.44. The number of carbonyl (C=O) groups excluding carboxylic acids is 3. The van der Waals surface area contributed by atoms with Crippen LogP contribution in [0.2, 0.25) is 0 Å². The average molecular weight is 380 g/mol. The number of likely N-dealkylation sites (tertiary alicyclic amines) is 1. The molecule has 7 nitrogen and oxygen atoms in total. The Morgan fingerprint density at radius 3 is 2.04 bits per heavy atom. The Balaban J connectivity index is 1.68. The quantitative estimate of drug-likeness (QED) is 0.632. The lowest BCUT2D eigenvalue weighted by Gasteiger charge is -2.20. The van der Waals surface area contributed by atoms with E-state index in [1.54, 1.807) is 12.1 Å². The standard InChI is InChI=1S/C21H20N2O5/c22-12-17-11-18(20(25)27-13-15-7-3-1-4-8-15)23(19(17)24)21(26)28-14-16-9-5-2-6-10-16/h1-10,12,18H,11,13-14,22H2/b17-12+. The SMILES string of the molecule is N/C=C1\CC(C(=O)OCc2ccccc2)N(C(=O)OCc2ccccc2)C1=O. The van der Waals surface area contributed by atoms with Crippen molar-refractivity contribution in [2.24, 2.45) is 5.73 Å². The molecule has 1 aliphatic rings. The molecular weight excluding hydrogens is 360 g/mol. The predicted octanol–water partition coefficient (Wildman–Crippen LogP) is 2.51. The zero-order valence-corrected chi connectivity index (χ0v) is 15.1. The highest BCUT2D eigenvalue weighted by molar-refractivity contribution is 6.08. The molecule has 7 heteroatoms. The molecule has 144 valence electrons. The van der Waals surface area contributed by atoms with Crippen LogP contribution in [-0.2, 0) is 32.3 Å². The molecule has 1 fully saturated rings. The number of hydrogen-bond donors (Lipinski definition) is 1. The third kappa shape index (κ3) is 4.37. The van der Waals surface area contributed by atoms with E-state index in [2.05, 4.69) is 0 Å². The van der Waals surface area contributed by atoms with E-state index >= 15 is 0 Å². The molecule has 28 heavy (non-hydrogen) atoms. The zero-order chi connectivity index (χ0) is 19.9. The minimum absolute atomic E-state index is 0.0105. The summed E-state index contributed by atoms with van der Waals surface area (Å²) in [5.41, 5.74) is 7.19. The molecule has 1 saturated heterocycles. The summed E-state index contributed by atoms with van der Waals surface area (Å²) in [6.45, 7) is 0.0237. The molecule has 0 bridgehead atoms. The summed E-state index contributed by atoms with van der Waals surface area (Å²) in [6.07, 6.45) is 0.181. The molecule has 2 amide bonds. The molecule has 1 unspecified atom stereocenters. The molecule has 1 aliphatic heterocycles. The van der Waals surface area contributed by atoms with Crippen molar-refractivity contribution in [2.45, 2.75) is 25.7 Å². The zero-order valence-electron chi connectivity index (χ0n) is 15.1. The minimum Gasteiger partial charge on any atom is -0.459 e. The Morgan fingerprint density at radius 2 is 1.50 bits per heavy atom. The van der Waals surface area contributed by atoms with E-state index in [1.807, 2.05) is 48.5 Å². The lowest BCUT2D eigenvalue weighted by atomic mass is 10.1. The normalized spacial score (nSPS) is 17.6. The summed E-state index contributed by atoms with van der Waals surface area (Å²) >= 11 is 0. The van der Waals surface area contributed by atoms with E-state index in [4.69, 9.17) is 15.2 Å². The maximum absolute atomic E-state index is 12.5. The highest BCUT2D eigenvalue weighted by atomic mass is 16.6. The van der Waals surface area contributed by atoms with E-state index in [0.29, 0.717) is 0 Å². The first-order valence-corrected chi connectivity index (χ1v) is 8.75. The van der Waals surface area contributed by atoms with Gasteiger partial charge in [-0.15, -0.1) is 0 Å². The number of rotatable bonds is 5. The Labute approximate surface area is 162 Å². The summed E-state index contributed by atoms with van der Waals surface area (Å²) < 4.78 is 10.5. The Hall–Kier alpha value is -3.61. The van der Waals surface area contributed by atoms with Gasteiger partial charge >= 0.3 is 12.1 Å². The van der Waals surface area contributed by atoms with Crippen LogP contribution in [0.15, 0.2) is 72.4 Å². The second kappa shape index (κ2) is 8.85. The molecule has 3 rings (SSSR count). The van der Waals surface area contributed by atoms with Crippen molar-refractivity contribution in [3.63, 3.8) is 0 Å². The van der Waals surface area contributed by atoms with Crippen LogP contribution in [0, 0.1) is 0 Å². The second-order valence-corrected chi connectivity index (χ2v) is 6.22. The summed E-state index contributed by atoms with van der Waals surface area (Å²) in [5, 5.41) is 0. The van der Waals surface area contributed by atoms with Gasteiger partial charge in [0, 0.05) is 18.2 Å². The number of amides is 2. The number of benzene rings is 2. The van der Waals surface area contributed by atoms with Crippen molar-refractivity contribution in [2.75, 3.05) is 0 Å². The van der Waals surface area contributed by atoms with E-state index in [9.17, 15) is 14.4 Å². The van der Waals surface area contributed by atoms with Crippen molar-refractivity contribution in [3.8, 4) is 0 Å². The molecule has 0 aromatic heterocycles. The summed E-state index contributed by atoms with van der Waals surface area (Å²) in [7, 11) is 0. The summed E-state index contributed by atoms with van der Waals surface area (Å²) in [6, 6.07) is 17.0. The number of imide groups is 1. The van der Waals surface area contributed by atoms with Crippen LogP contribution in [0.5, 0.6) is 0 Å². The van der Waals surface area contributed by atoms with Gasteiger partial charge in [0.1, 0.15) is 19.3 Å². The topological polar surface area (TPSA) is 98.9 Å². The van der Waals surface area contributed by atoms with Crippen molar-refractivity contribution < 1.29 is 23.9 Å². The maximum Gasteiger partial charge on any atom is 0.417 e. The van der Waals surface area contributed by atoms with E-state index < -0.39 is 24.0 Å². The minimum atomic E-state index is -1.10. The third-order valence-electron chi connectivity index (χ3n) is 4.32. The van der Waals surface area contributed by atoms with Gasteiger partial charge in [-0.25, -0.2) is 14.5 Å². The Kier molecular flexibility index (Phi) is 6.06. The fraction of sp³-hybridized carbons (Fsp3) is 0.190. The van der Waals surface area contributed by atoms with E-state index in [0.717, 1.165) is 22.2 Å². The summed E-state index contributed by atoms with van der Waals surface area (Å²) in [4.78, 5) is 38.2. The van der Waals surface area contributed by atoms with Crippen molar-refractivity contribution >= 4 is 18.0 Å². The number of nitrogens with zero attached hydrogens (tertiary/aromatic N) is 1. The van der Waals surface area contributed by atoms with Gasteiger partial charge in [-0.1, -0.05) is 60.7 Å². The van der Waals surface area contributed by atoms with Gasteiger partial charge in [0.2, 0.25) is 0 Å². The molecule has 0 saturated carbocycles. The van der Waals surface area contributed by atoms with Crippen molar-refractivity contribution in [1.82, 2.24) is 4.90 Å². The molecule has 2 aromatic rings. The first-order chi connectivity index (χ1) is 13.6. The Bertz CT molecular complexity index is 880. The first-order valence-electron chi connectivity index (χ1n) is 8.75. The van der Waals surface area contributed by atoms with Crippen LogP contribution in [0.4, 0.5) is 4.79 Å². The monoisotopic (exact) mass is 380 g/mol. The number of esters is 1. The van der Waals surface area contributed by atoms with Gasteiger partial charge in [0.15, 0.2) is 0 Å². The van der Waals surface area contributed by atoms with E-state index in [1.165, 1.54) is 0 Å². The first kappa shape index (κ1) is 19.2. The van der Waals surface area contributed by atoms with Crippen molar-refractivity contribution in [3.05, 3.63) is 83.6 Å². The highest BCUT2D eigenvalue weighted by Crippen LogP contribution is 2.26. The molecular formula is C21H20N2O5. The average Bonchev–Trinajstić information content (AvgIpc) is 3.08. The number of hydrogen-bond acceptors (Lipinski definition) is 6. The van der Waals surface area contributed by atoms with Gasteiger partial charge in [-0.3, -0.25) is 4.79 Å². The fourth-order valence-electron chi connectivity index (χ4n) is 2.84. The van der Waals surface area contributed by atoms with Crippen LogP contribution >= 0.6 is 0 Å². The largest absolute Gasteiger partial charge is 0.459 e. The van der Waals surface area contributed by atoms with Crippen LogP contribution in [0.1, 0.15) is 17.5 Å². The molecule has 1 heterocycles. The molecule has 1 atom stereocenters. The fourth-order valence-corrected chi connectivity index (χ4v) is 2.84. The molecule has 0 radical (unpaired) electrons. The lowest BCUT2D eigenvalue weighted by molar-refractivity contribution is -0.152. The second-order valence-electron chi connectivity index (χ2n) is 6.22. The maximum atomic E-state index is 12.5. The molecule has 2 aromatic carbocycles. The number of ether oxygens (including phenoxy) is 2. The predicted molar refractivity (Wildman–Crippen MR) is 100 cm³/mol. The van der Waals surface area contributed by atoms with Crippen LogP contribution in [0.25, 0.3) is 0 Å². The van der Waals surface area contributed by atoms with Gasteiger partial charge < -0.3 is 15.2 Å². The van der Waals surface area contributed by atoms with Crippen LogP contribution < -0.4 is 5.73 Å². The highest BCUT2D eigenvalue weighted by Gasteiger charge is 2.45. The third-order valence-corrected chi connectivity index (χ3v) is 4.32. The van der Waals surface area contributed by atoms with Gasteiger partial charge in [0.05, 0.1) is 0 Å². The van der Waals surface area contributed by atoms with Crippen molar-refractivity contribution in [1.29, 1.82) is 0 Å². The van der Waals surface area contributed by atoms with Crippen LogP contribution in [0.3, 0.4) is 0 Å². The number of nitrogens with two attached hydrogens (primary N) is 1. The summed E-state index contributed by atoms with van der Waals surface area (Å²) in [5.74, 6) is -1.34. The Morgan fingerprint density at radius 1 is 0.964 bits per heavy atom. The van der Waals surface area contributed by atoms with Gasteiger partial charge in [-0.2, -0.15) is 0 Å².